The van der Waals surface area contributed by atoms with Crippen molar-refractivity contribution in [3.63, 3.8) is 0 Å². The van der Waals surface area contributed by atoms with Crippen LogP contribution in [0.25, 0.3) is 0 Å². The van der Waals surface area contributed by atoms with E-state index in [9.17, 15) is 10.2 Å². The Morgan fingerprint density at radius 2 is 1.87 bits per heavy atom. The van der Waals surface area contributed by atoms with E-state index in [4.69, 9.17) is 5.11 Å². The minimum atomic E-state index is -0.695. The van der Waals surface area contributed by atoms with Crippen molar-refractivity contribution < 1.29 is 15.3 Å². The lowest BCUT2D eigenvalue weighted by molar-refractivity contribution is 0.0540. The third-order valence-electron chi connectivity index (χ3n) is 2.28. The summed E-state index contributed by atoms with van der Waals surface area (Å²) in [6.45, 7) is 3.73. The molecule has 3 N–H and O–H groups in total. The molecule has 0 aliphatic carbocycles. The van der Waals surface area contributed by atoms with E-state index in [0.717, 1.165) is 6.42 Å². The number of aliphatic hydroxyl groups is 3. The van der Waals surface area contributed by atoms with Crippen LogP contribution in [-0.4, -0.2) is 34.1 Å². The Balaban J connectivity index is 4.48. The molecule has 3 unspecified atom stereocenters. The molecule has 0 saturated carbocycles. The van der Waals surface area contributed by atoms with E-state index in [1.54, 1.807) is 24.3 Å². The molecular weight excluding hydrogens is 192 g/mol. The summed E-state index contributed by atoms with van der Waals surface area (Å²) in [5.41, 5.74) is 0. The Morgan fingerprint density at radius 1 is 1.20 bits per heavy atom. The van der Waals surface area contributed by atoms with Crippen molar-refractivity contribution in [1.29, 1.82) is 0 Å². The molecule has 0 rings (SSSR count). The normalized spacial score (nSPS) is 18.5. The first kappa shape index (κ1) is 14.4. The second-order valence-corrected chi connectivity index (χ2v) is 3.56. The van der Waals surface area contributed by atoms with Crippen LogP contribution in [0.5, 0.6) is 0 Å². The molecule has 0 heterocycles. The predicted molar refractivity (Wildman–Crippen MR) is 61.5 cm³/mol. The topological polar surface area (TPSA) is 60.7 Å². The molecule has 0 aliphatic heterocycles. The van der Waals surface area contributed by atoms with Crippen molar-refractivity contribution in [2.75, 3.05) is 6.61 Å². The van der Waals surface area contributed by atoms with Crippen LogP contribution in [0.15, 0.2) is 24.3 Å². The lowest BCUT2D eigenvalue weighted by atomic mass is 9.92. The van der Waals surface area contributed by atoms with Crippen LogP contribution in [-0.2, 0) is 0 Å². The van der Waals surface area contributed by atoms with Gasteiger partial charge in [-0.2, -0.15) is 0 Å². The van der Waals surface area contributed by atoms with E-state index >= 15 is 0 Å². The molecule has 0 bridgehead atoms. The van der Waals surface area contributed by atoms with E-state index in [1.165, 1.54) is 0 Å². The molecule has 0 aromatic rings. The van der Waals surface area contributed by atoms with E-state index in [-0.39, 0.29) is 12.5 Å². The monoisotopic (exact) mass is 214 g/mol. The highest BCUT2D eigenvalue weighted by molar-refractivity contribution is 5.02. The molecule has 0 radical (unpaired) electrons. The fraction of sp³-hybridized carbons (Fsp3) is 0.667. The van der Waals surface area contributed by atoms with Crippen molar-refractivity contribution >= 4 is 0 Å². The maximum absolute atomic E-state index is 9.81. The van der Waals surface area contributed by atoms with Crippen LogP contribution < -0.4 is 0 Å². The van der Waals surface area contributed by atoms with Gasteiger partial charge in [-0.1, -0.05) is 37.6 Å². The minimum absolute atomic E-state index is 0.0715. The van der Waals surface area contributed by atoms with Crippen molar-refractivity contribution in [3.05, 3.63) is 24.3 Å². The van der Waals surface area contributed by atoms with Crippen LogP contribution >= 0.6 is 0 Å². The zero-order valence-corrected chi connectivity index (χ0v) is 9.50. The second kappa shape index (κ2) is 8.65. The van der Waals surface area contributed by atoms with E-state index in [0.29, 0.717) is 6.42 Å². The number of hydrogen-bond acceptors (Lipinski definition) is 3. The van der Waals surface area contributed by atoms with Crippen molar-refractivity contribution in [1.82, 2.24) is 0 Å². The number of allylic oxidation sites excluding steroid dienone is 1. The molecule has 0 aromatic heterocycles. The molecular formula is C12H22O3. The molecule has 15 heavy (non-hydrogen) atoms. The lowest BCUT2D eigenvalue weighted by Crippen LogP contribution is -2.29. The van der Waals surface area contributed by atoms with Gasteiger partial charge in [-0.25, -0.2) is 0 Å². The average molecular weight is 214 g/mol. The second-order valence-electron chi connectivity index (χ2n) is 3.56. The maximum Gasteiger partial charge on any atom is 0.0808 e. The van der Waals surface area contributed by atoms with Crippen LogP contribution in [0.4, 0.5) is 0 Å². The zero-order chi connectivity index (χ0) is 11.7. The van der Waals surface area contributed by atoms with Gasteiger partial charge in [-0.3, -0.25) is 0 Å². The zero-order valence-electron chi connectivity index (χ0n) is 9.50. The standard InChI is InChI=1S/C12H22O3/c1-3-6-11(14)10(8-5-9-13)12(15)7-4-2/h3,5-6,8,10-15H,4,7,9H2,1-2H3. The van der Waals surface area contributed by atoms with Gasteiger partial charge in [0, 0.05) is 5.92 Å². The molecule has 0 saturated heterocycles. The maximum atomic E-state index is 9.81. The minimum Gasteiger partial charge on any atom is -0.392 e. The quantitative estimate of drug-likeness (QED) is 0.559. The van der Waals surface area contributed by atoms with Crippen molar-refractivity contribution in [3.8, 4) is 0 Å². The van der Waals surface area contributed by atoms with E-state index < -0.39 is 12.2 Å². The molecule has 0 fully saturated rings. The lowest BCUT2D eigenvalue weighted by Gasteiger charge is -2.22. The molecule has 0 amide bonds. The largest absolute Gasteiger partial charge is 0.392 e. The number of hydrogen-bond donors (Lipinski definition) is 3. The Labute approximate surface area is 91.8 Å². The van der Waals surface area contributed by atoms with Gasteiger partial charge in [-0.05, 0) is 13.3 Å². The van der Waals surface area contributed by atoms with Gasteiger partial charge in [0.25, 0.3) is 0 Å². The van der Waals surface area contributed by atoms with Crippen LogP contribution in [0.1, 0.15) is 26.7 Å². The summed E-state index contributed by atoms with van der Waals surface area (Å²) in [5, 5.41) is 28.2. The van der Waals surface area contributed by atoms with Crippen LogP contribution in [0.3, 0.4) is 0 Å². The Bertz CT molecular complexity index is 199. The fourth-order valence-electron chi connectivity index (χ4n) is 1.50. The van der Waals surface area contributed by atoms with E-state index in [1.807, 2.05) is 13.8 Å². The summed E-state index contributed by atoms with van der Waals surface area (Å²) >= 11 is 0. The fourth-order valence-corrected chi connectivity index (χ4v) is 1.50. The van der Waals surface area contributed by atoms with Gasteiger partial charge in [0.15, 0.2) is 0 Å². The molecule has 0 aromatic carbocycles. The third-order valence-corrected chi connectivity index (χ3v) is 2.28. The van der Waals surface area contributed by atoms with Crippen LogP contribution in [0.2, 0.25) is 0 Å². The highest BCUT2D eigenvalue weighted by Gasteiger charge is 2.21. The van der Waals surface area contributed by atoms with Gasteiger partial charge in [0.2, 0.25) is 0 Å². The van der Waals surface area contributed by atoms with Gasteiger partial charge >= 0.3 is 0 Å². The van der Waals surface area contributed by atoms with Crippen LogP contribution in [0, 0.1) is 5.92 Å². The molecule has 3 nitrogen and oxygen atoms in total. The molecule has 3 atom stereocenters. The number of rotatable bonds is 7. The average Bonchev–Trinajstić information content (AvgIpc) is 2.19. The summed E-state index contributed by atoms with van der Waals surface area (Å²) in [4.78, 5) is 0. The first-order valence-corrected chi connectivity index (χ1v) is 5.43. The molecule has 0 spiro atoms. The Morgan fingerprint density at radius 3 is 2.33 bits per heavy atom. The van der Waals surface area contributed by atoms with Gasteiger partial charge in [-0.15, -0.1) is 0 Å². The SMILES string of the molecule is CC=CC(O)C(C=CCO)C(O)CCC. The van der Waals surface area contributed by atoms with E-state index in [2.05, 4.69) is 0 Å². The first-order valence-electron chi connectivity index (χ1n) is 5.43. The van der Waals surface area contributed by atoms with Gasteiger partial charge in [0.05, 0.1) is 18.8 Å². The predicted octanol–water partition coefficient (Wildman–Crippen LogP) is 1.25. The molecule has 0 aliphatic rings. The summed E-state index contributed by atoms with van der Waals surface area (Å²) in [7, 11) is 0. The first-order chi connectivity index (χ1) is 7.17. The summed E-state index contributed by atoms with van der Waals surface area (Å²) in [6, 6.07) is 0. The molecule has 3 heteroatoms. The third kappa shape index (κ3) is 5.72. The summed E-state index contributed by atoms with van der Waals surface area (Å²) in [5.74, 6) is -0.340. The Hall–Kier alpha value is -0.640. The van der Waals surface area contributed by atoms with Crippen molar-refractivity contribution in [2.24, 2.45) is 5.92 Å². The highest BCUT2D eigenvalue weighted by atomic mass is 16.3. The van der Waals surface area contributed by atoms with Gasteiger partial charge < -0.3 is 15.3 Å². The molecule has 88 valence electrons. The Kier molecular flexibility index (Phi) is 8.28. The smallest absolute Gasteiger partial charge is 0.0808 e. The van der Waals surface area contributed by atoms with Gasteiger partial charge in [0.1, 0.15) is 0 Å². The van der Waals surface area contributed by atoms with Crippen molar-refractivity contribution in [2.45, 2.75) is 38.9 Å². The highest BCUT2D eigenvalue weighted by Crippen LogP contribution is 2.17. The summed E-state index contributed by atoms with van der Waals surface area (Å²) in [6.07, 6.45) is 6.88. The number of aliphatic hydroxyl groups excluding tert-OH is 3. The summed E-state index contributed by atoms with van der Waals surface area (Å²) < 4.78 is 0.